The van der Waals surface area contributed by atoms with Crippen LogP contribution in [0, 0.1) is 12.3 Å². The Morgan fingerprint density at radius 1 is 1.43 bits per heavy atom. The van der Waals surface area contributed by atoms with E-state index in [2.05, 4.69) is 10.9 Å². The maximum atomic E-state index is 11.6. The van der Waals surface area contributed by atoms with E-state index < -0.39 is 17.5 Å². The predicted octanol–water partition coefficient (Wildman–Crippen LogP) is -0.177. The number of aliphatic hydroxyl groups is 2. The smallest absolute Gasteiger partial charge is 0.330 e. The first-order valence-electron chi connectivity index (χ1n) is 6.69. The van der Waals surface area contributed by atoms with E-state index in [-0.39, 0.29) is 18.3 Å². The fraction of sp³-hybridized carbons (Fsp3) is 0.571. The van der Waals surface area contributed by atoms with Crippen molar-refractivity contribution < 1.29 is 14.9 Å². The fourth-order valence-electron chi connectivity index (χ4n) is 1.83. The van der Waals surface area contributed by atoms with Crippen molar-refractivity contribution in [3.05, 3.63) is 32.6 Å². The zero-order valence-electron chi connectivity index (χ0n) is 12.5. The lowest BCUT2D eigenvalue weighted by molar-refractivity contribution is -0.0246. The highest BCUT2D eigenvalue weighted by Gasteiger charge is 2.26. The Morgan fingerprint density at radius 2 is 2.05 bits per heavy atom. The number of aromatic nitrogens is 2. The van der Waals surface area contributed by atoms with Gasteiger partial charge in [-0.2, -0.15) is 0 Å². The second kappa shape index (κ2) is 9.94. The molecule has 0 saturated carbocycles. The van der Waals surface area contributed by atoms with Gasteiger partial charge in [0.25, 0.3) is 5.56 Å². The van der Waals surface area contributed by atoms with Crippen molar-refractivity contribution in [3.8, 4) is 12.3 Å². The number of ether oxygens (including phenoxy) is 1. The lowest BCUT2D eigenvalue weighted by Crippen LogP contribution is -2.33. The Morgan fingerprint density at radius 3 is 2.52 bits per heavy atom. The molecule has 0 spiro atoms. The number of aliphatic hydroxyl groups excluding tert-OH is 2. The molecule has 21 heavy (non-hydrogen) atoms. The minimum atomic E-state index is -0.578. The molecule has 0 bridgehead atoms. The van der Waals surface area contributed by atoms with Crippen LogP contribution in [0.1, 0.15) is 38.5 Å². The molecule has 7 nitrogen and oxygen atoms in total. The summed E-state index contributed by atoms with van der Waals surface area (Å²) in [5, 5.41) is 15.9. The summed E-state index contributed by atoms with van der Waals surface area (Å²) in [6, 6.07) is 0. The Hall–Kier alpha value is -1.88. The van der Waals surface area contributed by atoms with E-state index in [1.165, 1.54) is 10.8 Å². The molecule has 2 atom stereocenters. The van der Waals surface area contributed by atoms with Crippen molar-refractivity contribution in [2.45, 2.75) is 39.0 Å². The molecule has 3 N–H and O–H groups in total. The van der Waals surface area contributed by atoms with Crippen LogP contribution in [0.5, 0.6) is 0 Å². The van der Waals surface area contributed by atoms with Gasteiger partial charge in [0, 0.05) is 13.3 Å². The molecule has 1 fully saturated rings. The number of nitrogens with one attached hydrogen (secondary N) is 1. The van der Waals surface area contributed by atoms with Crippen molar-refractivity contribution in [3.63, 3.8) is 0 Å². The zero-order chi connectivity index (χ0) is 16.4. The van der Waals surface area contributed by atoms with E-state index in [0.717, 1.165) is 7.11 Å². The molecule has 7 heteroatoms. The fourth-order valence-corrected chi connectivity index (χ4v) is 1.83. The van der Waals surface area contributed by atoms with Gasteiger partial charge in [-0.05, 0) is 12.8 Å². The summed E-state index contributed by atoms with van der Waals surface area (Å²) >= 11 is 0. The van der Waals surface area contributed by atoms with E-state index in [1.807, 2.05) is 13.8 Å². The van der Waals surface area contributed by atoms with Crippen molar-refractivity contribution in [2.24, 2.45) is 0 Å². The lowest BCUT2D eigenvalue weighted by Gasteiger charge is -2.14. The summed E-state index contributed by atoms with van der Waals surface area (Å²) in [6.07, 6.45) is 6.98. The SMILES string of the molecule is C#Cc1cn(C2CCC(CO)O2)c(=O)[nH]c1=O.CC.CO. The van der Waals surface area contributed by atoms with E-state index in [0.29, 0.717) is 12.8 Å². The largest absolute Gasteiger partial charge is 0.400 e. The molecule has 0 amide bonds. The second-order valence-corrected chi connectivity index (χ2v) is 3.83. The summed E-state index contributed by atoms with van der Waals surface area (Å²) in [4.78, 5) is 25.0. The number of H-pyrrole nitrogens is 1. The van der Waals surface area contributed by atoms with E-state index in [4.69, 9.17) is 21.4 Å². The highest BCUT2D eigenvalue weighted by atomic mass is 16.5. The highest BCUT2D eigenvalue weighted by Crippen LogP contribution is 2.26. The Balaban J connectivity index is 0.000000921. The molecule has 2 rings (SSSR count). The van der Waals surface area contributed by atoms with Crippen LogP contribution in [0.15, 0.2) is 15.8 Å². The first kappa shape index (κ1) is 19.1. The topological polar surface area (TPSA) is 105 Å². The predicted molar refractivity (Wildman–Crippen MR) is 79.0 cm³/mol. The van der Waals surface area contributed by atoms with Gasteiger partial charge in [-0.1, -0.05) is 19.8 Å². The average Bonchev–Trinajstić information content (AvgIpc) is 3.00. The average molecular weight is 298 g/mol. The lowest BCUT2D eigenvalue weighted by atomic mass is 10.2. The van der Waals surface area contributed by atoms with Crippen LogP contribution in [0.4, 0.5) is 0 Å². The third kappa shape index (κ3) is 4.86. The standard InChI is InChI=1S/C11H12N2O4.C2H6.CH4O/c1-2-7-5-13(11(16)12-10(7)15)9-4-3-8(6-14)17-9;2*1-2/h1,5,8-9,14H,3-4,6H2,(H,12,15,16);1-2H3;2H,1H3. The Labute approximate surface area is 123 Å². The molecule has 1 aromatic rings. The molecular weight excluding hydrogens is 276 g/mol. The molecule has 0 radical (unpaired) electrons. The molecule has 1 aromatic heterocycles. The number of rotatable bonds is 2. The third-order valence-electron chi connectivity index (χ3n) is 2.72. The quantitative estimate of drug-likeness (QED) is 0.657. The molecule has 1 saturated heterocycles. The summed E-state index contributed by atoms with van der Waals surface area (Å²) < 4.78 is 6.70. The van der Waals surface area contributed by atoms with Crippen LogP contribution in [-0.2, 0) is 4.74 Å². The van der Waals surface area contributed by atoms with Crippen molar-refractivity contribution in [1.82, 2.24) is 9.55 Å². The summed E-state index contributed by atoms with van der Waals surface area (Å²) in [5.41, 5.74) is -1.05. The van der Waals surface area contributed by atoms with Gasteiger partial charge in [0.1, 0.15) is 11.8 Å². The van der Waals surface area contributed by atoms with Gasteiger partial charge >= 0.3 is 5.69 Å². The molecule has 1 aliphatic rings. The number of nitrogens with zero attached hydrogens (tertiary/aromatic N) is 1. The number of hydrogen-bond acceptors (Lipinski definition) is 5. The van der Waals surface area contributed by atoms with E-state index >= 15 is 0 Å². The summed E-state index contributed by atoms with van der Waals surface area (Å²) in [5.74, 6) is 2.20. The van der Waals surface area contributed by atoms with Gasteiger partial charge in [-0.3, -0.25) is 14.3 Å². The van der Waals surface area contributed by atoms with Gasteiger partial charge < -0.3 is 14.9 Å². The van der Waals surface area contributed by atoms with Gasteiger partial charge in [0.15, 0.2) is 0 Å². The van der Waals surface area contributed by atoms with Crippen LogP contribution >= 0.6 is 0 Å². The summed E-state index contributed by atoms with van der Waals surface area (Å²) in [6.45, 7) is 3.91. The number of aromatic amines is 1. The van der Waals surface area contributed by atoms with Gasteiger partial charge in [-0.25, -0.2) is 4.79 Å². The van der Waals surface area contributed by atoms with E-state index in [9.17, 15) is 9.59 Å². The molecule has 0 aliphatic carbocycles. The van der Waals surface area contributed by atoms with Crippen molar-refractivity contribution in [2.75, 3.05) is 13.7 Å². The maximum Gasteiger partial charge on any atom is 0.330 e. The first-order chi connectivity index (χ1) is 10.2. The van der Waals surface area contributed by atoms with Gasteiger partial charge in [-0.15, -0.1) is 6.42 Å². The summed E-state index contributed by atoms with van der Waals surface area (Å²) in [7, 11) is 1.00. The number of hydrogen-bond donors (Lipinski definition) is 3. The number of terminal acetylenes is 1. The minimum Gasteiger partial charge on any atom is -0.400 e. The van der Waals surface area contributed by atoms with Gasteiger partial charge in [0.2, 0.25) is 0 Å². The highest BCUT2D eigenvalue weighted by molar-refractivity contribution is 5.26. The zero-order valence-corrected chi connectivity index (χ0v) is 12.5. The van der Waals surface area contributed by atoms with Crippen molar-refractivity contribution in [1.29, 1.82) is 0 Å². The van der Waals surface area contributed by atoms with Crippen LogP contribution in [0.2, 0.25) is 0 Å². The van der Waals surface area contributed by atoms with Crippen LogP contribution in [0.25, 0.3) is 0 Å². The minimum absolute atomic E-state index is 0.0839. The van der Waals surface area contributed by atoms with Crippen LogP contribution in [0.3, 0.4) is 0 Å². The molecule has 2 heterocycles. The van der Waals surface area contributed by atoms with Crippen molar-refractivity contribution >= 4 is 0 Å². The van der Waals surface area contributed by atoms with Crippen LogP contribution in [-0.4, -0.2) is 39.6 Å². The Kier molecular flexibility index (Phi) is 9.05. The van der Waals surface area contributed by atoms with Crippen LogP contribution < -0.4 is 11.2 Å². The third-order valence-corrected chi connectivity index (χ3v) is 2.72. The molecule has 118 valence electrons. The molecule has 2 unspecified atom stereocenters. The maximum absolute atomic E-state index is 11.6. The molecule has 1 aliphatic heterocycles. The normalized spacial score (nSPS) is 19.6. The molecule has 0 aromatic carbocycles. The van der Waals surface area contributed by atoms with E-state index in [1.54, 1.807) is 0 Å². The molecular formula is C14H22N2O5. The first-order valence-corrected chi connectivity index (χ1v) is 6.69. The second-order valence-electron chi connectivity index (χ2n) is 3.83. The Bertz CT molecular complexity index is 570. The monoisotopic (exact) mass is 298 g/mol. The van der Waals surface area contributed by atoms with Gasteiger partial charge in [0.05, 0.1) is 12.7 Å².